The Labute approximate surface area is 61.3 Å². The van der Waals surface area contributed by atoms with Gasteiger partial charge in [-0.2, -0.15) is 0 Å². The topological polar surface area (TPSA) is 20.2 Å². The maximum atomic E-state index is 9.21. The molecule has 1 N–H and O–H groups in total. The molecule has 0 bridgehead atoms. The van der Waals surface area contributed by atoms with Crippen LogP contribution in [0, 0.1) is 6.07 Å². The molecule has 1 aromatic rings. The summed E-state index contributed by atoms with van der Waals surface area (Å²) in [6.45, 7) is 2.08. The summed E-state index contributed by atoms with van der Waals surface area (Å²) < 4.78 is 0. The molecule has 0 unspecified atom stereocenters. The molecule has 53 valence electrons. The van der Waals surface area contributed by atoms with Crippen molar-refractivity contribution < 1.29 is 5.11 Å². The second kappa shape index (κ2) is 3.25. The third-order valence-electron chi connectivity index (χ3n) is 1.42. The van der Waals surface area contributed by atoms with Gasteiger partial charge in [-0.25, -0.2) is 0 Å². The summed E-state index contributed by atoms with van der Waals surface area (Å²) in [6, 6.07) is 8.29. The average molecular weight is 135 g/mol. The molecule has 0 aliphatic rings. The van der Waals surface area contributed by atoms with E-state index in [-0.39, 0.29) is 0 Å². The Morgan fingerprint density at radius 1 is 1.60 bits per heavy atom. The number of benzene rings is 1. The first-order valence-electron chi connectivity index (χ1n) is 3.53. The summed E-state index contributed by atoms with van der Waals surface area (Å²) in [5.74, 6) is 0.365. The van der Waals surface area contributed by atoms with E-state index in [2.05, 4.69) is 13.0 Å². The minimum atomic E-state index is 0.365. The smallest absolute Gasteiger partial charge is 0.119 e. The summed E-state index contributed by atoms with van der Waals surface area (Å²) in [4.78, 5) is 0. The first-order chi connectivity index (χ1) is 4.84. The lowest BCUT2D eigenvalue weighted by atomic mass is 10.1. The fourth-order valence-electron chi connectivity index (χ4n) is 0.913. The Morgan fingerprint density at radius 2 is 2.40 bits per heavy atom. The minimum Gasteiger partial charge on any atom is -0.508 e. The van der Waals surface area contributed by atoms with Crippen molar-refractivity contribution >= 4 is 0 Å². The lowest BCUT2D eigenvalue weighted by Crippen LogP contribution is -1.82. The monoisotopic (exact) mass is 135 g/mol. The van der Waals surface area contributed by atoms with Crippen LogP contribution in [0.1, 0.15) is 18.9 Å². The largest absolute Gasteiger partial charge is 0.508 e. The van der Waals surface area contributed by atoms with Crippen LogP contribution in [0.25, 0.3) is 0 Å². The van der Waals surface area contributed by atoms with E-state index in [4.69, 9.17) is 0 Å². The van der Waals surface area contributed by atoms with Crippen molar-refractivity contribution in [1.82, 2.24) is 0 Å². The summed E-state index contributed by atoms with van der Waals surface area (Å²) >= 11 is 0. The fraction of sp³-hybridized carbons (Fsp3) is 0.333. The zero-order valence-electron chi connectivity index (χ0n) is 6.09. The number of phenols is 1. The second-order valence-corrected chi connectivity index (χ2v) is 2.28. The molecular formula is C9H11O. The molecule has 0 amide bonds. The van der Waals surface area contributed by atoms with Crippen LogP contribution in [0.5, 0.6) is 5.75 Å². The van der Waals surface area contributed by atoms with Gasteiger partial charge in [-0.05, 0) is 18.6 Å². The van der Waals surface area contributed by atoms with Crippen LogP contribution in [0.15, 0.2) is 18.2 Å². The minimum absolute atomic E-state index is 0.365. The van der Waals surface area contributed by atoms with Gasteiger partial charge in [0.2, 0.25) is 0 Å². The number of aromatic hydroxyl groups is 1. The molecule has 0 spiro atoms. The number of rotatable bonds is 2. The third kappa shape index (κ3) is 1.50. The van der Waals surface area contributed by atoms with Gasteiger partial charge >= 0.3 is 0 Å². The van der Waals surface area contributed by atoms with E-state index in [0.717, 1.165) is 18.4 Å². The Balaban J connectivity index is 2.81. The van der Waals surface area contributed by atoms with Gasteiger partial charge in [-0.15, -0.1) is 0 Å². The maximum absolute atomic E-state index is 9.21. The molecular weight excluding hydrogens is 124 g/mol. The summed E-state index contributed by atoms with van der Waals surface area (Å²) in [7, 11) is 0. The van der Waals surface area contributed by atoms with Crippen LogP contribution in [0.2, 0.25) is 0 Å². The summed E-state index contributed by atoms with van der Waals surface area (Å²) in [6.07, 6.45) is 1.96. The van der Waals surface area contributed by atoms with Gasteiger partial charge in [0, 0.05) is 5.56 Å². The molecule has 0 saturated heterocycles. The van der Waals surface area contributed by atoms with E-state index < -0.39 is 0 Å². The summed E-state index contributed by atoms with van der Waals surface area (Å²) in [5, 5.41) is 9.21. The van der Waals surface area contributed by atoms with Crippen LogP contribution < -0.4 is 0 Å². The second-order valence-electron chi connectivity index (χ2n) is 2.28. The molecule has 0 fully saturated rings. The highest BCUT2D eigenvalue weighted by Gasteiger charge is 1.95. The fourth-order valence-corrected chi connectivity index (χ4v) is 0.913. The molecule has 0 atom stereocenters. The van der Waals surface area contributed by atoms with Crippen molar-refractivity contribution in [2.45, 2.75) is 19.8 Å². The first-order valence-corrected chi connectivity index (χ1v) is 3.53. The quantitative estimate of drug-likeness (QED) is 0.658. The van der Waals surface area contributed by atoms with Crippen LogP contribution in [0.4, 0.5) is 0 Å². The predicted octanol–water partition coefficient (Wildman–Crippen LogP) is 2.14. The number of hydrogen-bond acceptors (Lipinski definition) is 1. The van der Waals surface area contributed by atoms with E-state index in [0.29, 0.717) is 5.75 Å². The highest BCUT2D eigenvalue weighted by atomic mass is 16.3. The Hall–Kier alpha value is -0.980. The number of phenolic OH excluding ortho intramolecular Hbond substituents is 1. The zero-order chi connectivity index (χ0) is 7.40. The van der Waals surface area contributed by atoms with Gasteiger partial charge in [0.05, 0.1) is 0 Å². The SMILES string of the molecule is CCCc1[c]cccc1O. The van der Waals surface area contributed by atoms with Crippen LogP contribution in [-0.4, -0.2) is 5.11 Å². The zero-order valence-corrected chi connectivity index (χ0v) is 6.09. The van der Waals surface area contributed by atoms with Crippen LogP contribution in [0.3, 0.4) is 0 Å². The number of hydrogen-bond donors (Lipinski definition) is 1. The van der Waals surface area contributed by atoms with E-state index in [9.17, 15) is 5.11 Å². The Morgan fingerprint density at radius 3 is 3.00 bits per heavy atom. The van der Waals surface area contributed by atoms with Gasteiger partial charge in [-0.3, -0.25) is 0 Å². The van der Waals surface area contributed by atoms with Gasteiger partial charge in [0.25, 0.3) is 0 Å². The highest BCUT2D eigenvalue weighted by Crippen LogP contribution is 2.15. The van der Waals surface area contributed by atoms with Crippen molar-refractivity contribution in [2.24, 2.45) is 0 Å². The van der Waals surface area contributed by atoms with Gasteiger partial charge in [0.1, 0.15) is 5.75 Å². The molecule has 0 saturated carbocycles. The van der Waals surface area contributed by atoms with Gasteiger partial charge < -0.3 is 5.11 Å². The van der Waals surface area contributed by atoms with E-state index in [1.165, 1.54) is 0 Å². The standard InChI is InChI=1S/C9H11O/c1-2-5-8-6-3-4-7-9(8)10/h3-4,7,10H,2,5H2,1H3. The van der Waals surface area contributed by atoms with Crippen molar-refractivity contribution in [3.8, 4) is 5.75 Å². The molecule has 0 aliphatic carbocycles. The van der Waals surface area contributed by atoms with Gasteiger partial charge in [-0.1, -0.05) is 25.5 Å². The molecule has 0 aliphatic heterocycles. The average Bonchev–Trinajstić information content (AvgIpc) is 1.94. The normalized spacial score (nSPS) is 9.70. The van der Waals surface area contributed by atoms with Crippen molar-refractivity contribution in [3.63, 3.8) is 0 Å². The predicted molar refractivity (Wildman–Crippen MR) is 40.9 cm³/mol. The molecule has 1 aromatic carbocycles. The Kier molecular flexibility index (Phi) is 2.32. The summed E-state index contributed by atoms with van der Waals surface area (Å²) in [5.41, 5.74) is 0.921. The molecule has 1 nitrogen and oxygen atoms in total. The lowest BCUT2D eigenvalue weighted by molar-refractivity contribution is 0.467. The molecule has 1 rings (SSSR count). The lowest BCUT2D eigenvalue weighted by Gasteiger charge is -1.99. The van der Waals surface area contributed by atoms with E-state index in [1.54, 1.807) is 12.1 Å². The first kappa shape index (κ1) is 7.13. The van der Waals surface area contributed by atoms with Crippen LogP contribution in [-0.2, 0) is 6.42 Å². The van der Waals surface area contributed by atoms with Crippen LogP contribution >= 0.6 is 0 Å². The molecule has 0 heterocycles. The van der Waals surface area contributed by atoms with E-state index in [1.807, 2.05) is 6.07 Å². The third-order valence-corrected chi connectivity index (χ3v) is 1.42. The maximum Gasteiger partial charge on any atom is 0.119 e. The Bertz CT molecular complexity index is 206. The molecule has 10 heavy (non-hydrogen) atoms. The molecule has 0 aromatic heterocycles. The van der Waals surface area contributed by atoms with Crippen molar-refractivity contribution in [1.29, 1.82) is 0 Å². The van der Waals surface area contributed by atoms with Crippen molar-refractivity contribution in [3.05, 3.63) is 29.8 Å². The highest BCUT2D eigenvalue weighted by molar-refractivity contribution is 5.30. The molecule has 1 heteroatoms. The molecule has 1 radical (unpaired) electrons. The van der Waals surface area contributed by atoms with Crippen molar-refractivity contribution in [2.75, 3.05) is 0 Å². The van der Waals surface area contributed by atoms with E-state index >= 15 is 0 Å². The van der Waals surface area contributed by atoms with Gasteiger partial charge in [0.15, 0.2) is 0 Å². The number of aryl methyl sites for hydroxylation is 1.